The average molecular weight is 151 g/mol. The molecule has 2 heterocycles. The van der Waals surface area contributed by atoms with Gasteiger partial charge < -0.3 is 0 Å². The molecule has 2 aromatic heterocycles. The summed E-state index contributed by atoms with van der Waals surface area (Å²) in [5.74, 6) is 0.549. The third kappa shape index (κ3) is 0.714. The highest BCUT2D eigenvalue weighted by Crippen LogP contribution is 2.00. The molecule has 0 aliphatic carbocycles. The first-order valence-corrected chi connectivity index (χ1v) is 3.10. The van der Waals surface area contributed by atoms with Gasteiger partial charge in [-0.15, -0.1) is 0 Å². The van der Waals surface area contributed by atoms with Gasteiger partial charge in [0.05, 0.1) is 0 Å². The van der Waals surface area contributed by atoms with Crippen LogP contribution in [-0.2, 0) is 0 Å². The van der Waals surface area contributed by atoms with Crippen LogP contribution in [0.4, 0.5) is 0 Å². The predicted molar refractivity (Wildman–Crippen MR) is 36.6 cm³/mol. The Hall–Kier alpha value is -1.23. The maximum absolute atomic E-state index is 4.81. The van der Waals surface area contributed by atoms with Crippen molar-refractivity contribution in [1.29, 1.82) is 0 Å². The van der Waals surface area contributed by atoms with Crippen molar-refractivity contribution in [3.05, 3.63) is 18.6 Å². The van der Waals surface area contributed by atoms with Crippen LogP contribution in [0.1, 0.15) is 0 Å². The minimum absolute atomic E-state index is 0.542. The van der Waals surface area contributed by atoms with Crippen LogP contribution in [-0.4, -0.2) is 19.6 Å². The first kappa shape index (κ1) is 5.55. The fraction of sp³-hybridized carbons (Fsp3) is 0. The standard InChI is InChI=1S/C5H3N4S/c10-4-1-2-9-5(8-4)6-3-7-9/h1-3H. The lowest BCUT2D eigenvalue weighted by Crippen LogP contribution is -1.89. The molecule has 0 bridgehead atoms. The monoisotopic (exact) mass is 151 g/mol. The summed E-state index contributed by atoms with van der Waals surface area (Å²) in [5.41, 5.74) is 0. The second-order valence-electron chi connectivity index (χ2n) is 1.77. The number of nitrogens with zero attached hydrogens (tertiary/aromatic N) is 4. The minimum Gasteiger partial charge on any atom is -0.205 e. The fourth-order valence-electron chi connectivity index (χ4n) is 0.699. The topological polar surface area (TPSA) is 43.1 Å². The van der Waals surface area contributed by atoms with Crippen LogP contribution in [0.2, 0.25) is 0 Å². The smallest absolute Gasteiger partial charge is 0.205 e. The van der Waals surface area contributed by atoms with Crippen LogP contribution in [0.3, 0.4) is 0 Å². The number of hydrogen-bond donors (Lipinski definition) is 0. The summed E-state index contributed by atoms with van der Waals surface area (Å²) in [4.78, 5) is 7.79. The molecule has 0 spiro atoms. The lowest BCUT2D eigenvalue weighted by atomic mass is 10.7. The zero-order valence-corrected chi connectivity index (χ0v) is 5.75. The zero-order chi connectivity index (χ0) is 6.97. The number of hydrogen-bond acceptors (Lipinski definition) is 3. The number of aromatic nitrogens is 4. The fourth-order valence-corrected chi connectivity index (χ4v) is 0.842. The van der Waals surface area contributed by atoms with Crippen LogP contribution >= 0.6 is 12.6 Å². The van der Waals surface area contributed by atoms with Gasteiger partial charge >= 0.3 is 0 Å². The van der Waals surface area contributed by atoms with Crippen molar-refractivity contribution >= 4 is 18.4 Å². The minimum atomic E-state index is 0.542. The summed E-state index contributed by atoms with van der Waals surface area (Å²) < 4.78 is 1.57. The Balaban J connectivity index is 2.86. The molecule has 4 nitrogen and oxygen atoms in total. The Morgan fingerprint density at radius 1 is 1.50 bits per heavy atom. The molecule has 0 fully saturated rings. The molecule has 1 radical (unpaired) electrons. The molecule has 5 heteroatoms. The molecule has 0 unspecified atom stereocenters. The van der Waals surface area contributed by atoms with Crippen molar-refractivity contribution < 1.29 is 0 Å². The largest absolute Gasteiger partial charge is 0.253 e. The molecule has 2 aromatic rings. The predicted octanol–water partition coefficient (Wildman–Crippen LogP) is 0.681. The summed E-state index contributed by atoms with van der Waals surface area (Å²) in [6.45, 7) is 0. The highest BCUT2D eigenvalue weighted by molar-refractivity contribution is 7.80. The van der Waals surface area contributed by atoms with Crippen molar-refractivity contribution in [2.45, 2.75) is 5.03 Å². The third-order valence-electron chi connectivity index (χ3n) is 1.12. The molecule has 0 saturated heterocycles. The Morgan fingerprint density at radius 3 is 3.30 bits per heavy atom. The maximum atomic E-state index is 4.81. The molecule has 0 aromatic carbocycles. The van der Waals surface area contributed by atoms with Gasteiger partial charge in [0.15, 0.2) is 0 Å². The van der Waals surface area contributed by atoms with E-state index in [1.165, 1.54) is 6.33 Å². The molecule has 2 rings (SSSR count). The van der Waals surface area contributed by atoms with E-state index in [2.05, 4.69) is 15.1 Å². The van der Waals surface area contributed by atoms with Gasteiger partial charge in [0.1, 0.15) is 11.4 Å². The quantitative estimate of drug-likeness (QED) is 0.520. The van der Waals surface area contributed by atoms with E-state index >= 15 is 0 Å². The van der Waals surface area contributed by atoms with Gasteiger partial charge in [0.25, 0.3) is 5.78 Å². The Labute approximate surface area is 62.3 Å². The summed E-state index contributed by atoms with van der Waals surface area (Å²) in [7, 11) is 0. The van der Waals surface area contributed by atoms with Gasteiger partial charge in [-0.05, 0) is 6.07 Å². The molecule has 0 aliphatic heterocycles. The summed E-state index contributed by atoms with van der Waals surface area (Å²) in [6, 6.07) is 1.71. The second kappa shape index (κ2) is 1.88. The lowest BCUT2D eigenvalue weighted by Gasteiger charge is -1.88. The third-order valence-corrected chi connectivity index (χ3v) is 1.35. The molecule has 0 atom stereocenters. The molecule has 0 amide bonds. The van der Waals surface area contributed by atoms with E-state index in [-0.39, 0.29) is 0 Å². The summed E-state index contributed by atoms with van der Waals surface area (Å²) >= 11 is 4.81. The molecule has 49 valence electrons. The highest BCUT2D eigenvalue weighted by Gasteiger charge is 1.94. The van der Waals surface area contributed by atoms with E-state index in [4.69, 9.17) is 12.6 Å². The average Bonchev–Trinajstić information content (AvgIpc) is 2.33. The molecular weight excluding hydrogens is 148 g/mol. The van der Waals surface area contributed by atoms with E-state index in [9.17, 15) is 0 Å². The molecule has 10 heavy (non-hydrogen) atoms. The normalized spacial score (nSPS) is 10.4. The Bertz CT molecular complexity index is 355. The van der Waals surface area contributed by atoms with Crippen molar-refractivity contribution in [1.82, 2.24) is 19.6 Å². The SMILES string of the molecule is [S]c1ccn2ncnc2n1. The van der Waals surface area contributed by atoms with Gasteiger partial charge in [-0.25, -0.2) is 4.52 Å². The van der Waals surface area contributed by atoms with Crippen LogP contribution in [0.5, 0.6) is 0 Å². The van der Waals surface area contributed by atoms with E-state index in [0.29, 0.717) is 10.8 Å². The lowest BCUT2D eigenvalue weighted by molar-refractivity contribution is 0.915. The van der Waals surface area contributed by atoms with Gasteiger partial charge in [0.2, 0.25) is 0 Å². The van der Waals surface area contributed by atoms with Gasteiger partial charge in [-0.1, -0.05) is 12.6 Å². The van der Waals surface area contributed by atoms with E-state index in [1.54, 1.807) is 16.8 Å². The number of fused-ring (bicyclic) bond motifs is 1. The summed E-state index contributed by atoms with van der Waals surface area (Å²) in [5, 5.41) is 4.40. The summed E-state index contributed by atoms with van der Waals surface area (Å²) in [6.07, 6.45) is 3.18. The molecule has 0 N–H and O–H groups in total. The maximum Gasteiger partial charge on any atom is 0.253 e. The van der Waals surface area contributed by atoms with E-state index < -0.39 is 0 Å². The zero-order valence-electron chi connectivity index (χ0n) is 4.93. The van der Waals surface area contributed by atoms with Crippen molar-refractivity contribution in [2.24, 2.45) is 0 Å². The van der Waals surface area contributed by atoms with Crippen molar-refractivity contribution in [3.63, 3.8) is 0 Å². The first-order chi connectivity index (χ1) is 4.86. The van der Waals surface area contributed by atoms with Crippen molar-refractivity contribution in [3.8, 4) is 0 Å². The highest BCUT2D eigenvalue weighted by atomic mass is 32.1. The Morgan fingerprint density at radius 2 is 2.40 bits per heavy atom. The van der Waals surface area contributed by atoms with Crippen molar-refractivity contribution in [2.75, 3.05) is 0 Å². The molecule has 0 aliphatic rings. The first-order valence-electron chi connectivity index (χ1n) is 2.70. The molecular formula is C5H3N4S. The Kier molecular flexibility index (Phi) is 1.04. The van der Waals surface area contributed by atoms with Crippen LogP contribution < -0.4 is 0 Å². The van der Waals surface area contributed by atoms with Crippen LogP contribution in [0.25, 0.3) is 5.78 Å². The van der Waals surface area contributed by atoms with Crippen LogP contribution in [0.15, 0.2) is 23.6 Å². The van der Waals surface area contributed by atoms with E-state index in [1.807, 2.05) is 0 Å². The number of rotatable bonds is 0. The molecule has 0 saturated carbocycles. The van der Waals surface area contributed by atoms with Crippen LogP contribution in [0, 0.1) is 0 Å². The van der Waals surface area contributed by atoms with Gasteiger partial charge in [-0.3, -0.25) is 0 Å². The van der Waals surface area contributed by atoms with Gasteiger partial charge in [-0.2, -0.15) is 15.1 Å². The van der Waals surface area contributed by atoms with Gasteiger partial charge in [0, 0.05) is 6.20 Å². The second-order valence-corrected chi connectivity index (χ2v) is 2.19. The van der Waals surface area contributed by atoms with E-state index in [0.717, 1.165) is 0 Å².